The Hall–Kier alpha value is -0.820. The molecule has 1 atom stereocenters. The first kappa shape index (κ1) is 18.2. The van der Waals surface area contributed by atoms with Crippen LogP contribution < -0.4 is 5.32 Å². The summed E-state index contributed by atoms with van der Waals surface area (Å²) < 4.78 is 0. The number of aryl methyl sites for hydroxylation is 1. The summed E-state index contributed by atoms with van der Waals surface area (Å²) in [5, 5.41) is 3.55. The molecule has 1 unspecified atom stereocenters. The van der Waals surface area contributed by atoms with Gasteiger partial charge in [0.25, 0.3) is 0 Å². The van der Waals surface area contributed by atoms with E-state index >= 15 is 0 Å². The first-order chi connectivity index (χ1) is 9.92. The van der Waals surface area contributed by atoms with Crippen LogP contribution in [0.4, 0.5) is 0 Å². The van der Waals surface area contributed by atoms with Crippen molar-refractivity contribution in [1.82, 2.24) is 5.32 Å². The van der Waals surface area contributed by atoms with Crippen molar-refractivity contribution < 1.29 is 0 Å². The molecule has 0 aliphatic carbocycles. The third-order valence-electron chi connectivity index (χ3n) is 4.21. The van der Waals surface area contributed by atoms with Crippen LogP contribution in [0, 0.1) is 0 Å². The highest BCUT2D eigenvalue weighted by Crippen LogP contribution is 2.19. The first-order valence-electron chi connectivity index (χ1n) is 8.76. The van der Waals surface area contributed by atoms with Crippen LogP contribution in [0.2, 0.25) is 0 Å². The third-order valence-corrected chi connectivity index (χ3v) is 4.21. The summed E-state index contributed by atoms with van der Waals surface area (Å²) in [6.45, 7) is 12.4. The molecule has 1 aromatic rings. The van der Waals surface area contributed by atoms with Gasteiger partial charge in [-0.1, -0.05) is 51.0 Å². The van der Waals surface area contributed by atoms with Gasteiger partial charge in [-0.25, -0.2) is 0 Å². The predicted octanol–water partition coefficient (Wildman–Crippen LogP) is 5.69. The maximum atomic E-state index is 3.55. The van der Waals surface area contributed by atoms with E-state index in [-0.39, 0.29) is 5.54 Å². The molecular formula is C20H35N. The number of benzene rings is 1. The molecule has 0 bridgehead atoms. The van der Waals surface area contributed by atoms with Crippen molar-refractivity contribution in [2.75, 3.05) is 6.54 Å². The normalized spacial score (nSPS) is 13.4. The molecule has 0 saturated carbocycles. The summed E-state index contributed by atoms with van der Waals surface area (Å²) in [5.74, 6) is 0.689. The molecule has 21 heavy (non-hydrogen) atoms. The molecule has 0 amide bonds. The van der Waals surface area contributed by atoms with Crippen LogP contribution in [0.15, 0.2) is 24.3 Å². The lowest BCUT2D eigenvalue weighted by atomic mass is 9.96. The van der Waals surface area contributed by atoms with Crippen LogP contribution in [0.5, 0.6) is 0 Å². The lowest BCUT2D eigenvalue weighted by Gasteiger charge is -2.20. The van der Waals surface area contributed by atoms with Crippen molar-refractivity contribution in [3.8, 4) is 0 Å². The Bertz CT molecular complexity index is 372. The van der Waals surface area contributed by atoms with E-state index in [9.17, 15) is 0 Å². The second-order valence-electron chi connectivity index (χ2n) is 7.39. The van der Waals surface area contributed by atoms with Crippen molar-refractivity contribution in [1.29, 1.82) is 0 Å². The Morgan fingerprint density at radius 1 is 0.952 bits per heavy atom. The number of unbranched alkanes of at least 4 members (excludes halogenated alkanes) is 3. The van der Waals surface area contributed by atoms with Gasteiger partial charge in [0.2, 0.25) is 0 Å². The summed E-state index contributed by atoms with van der Waals surface area (Å²) in [4.78, 5) is 0. The number of nitrogens with one attached hydrogen (secondary N) is 1. The molecule has 0 spiro atoms. The number of hydrogen-bond acceptors (Lipinski definition) is 1. The van der Waals surface area contributed by atoms with E-state index in [1.54, 1.807) is 0 Å². The average molecular weight is 290 g/mol. The van der Waals surface area contributed by atoms with Gasteiger partial charge in [0, 0.05) is 5.54 Å². The maximum Gasteiger partial charge on any atom is 0.00965 e. The minimum absolute atomic E-state index is 0.261. The van der Waals surface area contributed by atoms with Gasteiger partial charge < -0.3 is 5.32 Å². The molecule has 0 heterocycles. The van der Waals surface area contributed by atoms with Crippen LogP contribution in [0.3, 0.4) is 0 Å². The van der Waals surface area contributed by atoms with Crippen molar-refractivity contribution in [3.63, 3.8) is 0 Å². The van der Waals surface area contributed by atoms with Crippen LogP contribution >= 0.6 is 0 Å². The molecule has 0 aliphatic rings. The van der Waals surface area contributed by atoms with Gasteiger partial charge >= 0.3 is 0 Å². The topological polar surface area (TPSA) is 12.0 Å². The van der Waals surface area contributed by atoms with Gasteiger partial charge in [-0.15, -0.1) is 0 Å². The standard InChI is InChI=1S/C20H35N/c1-6-17(2)19-14-12-18(13-15-19)11-9-7-8-10-16-21-20(3,4)5/h12-15,17,21H,6-11,16H2,1-5H3. The minimum atomic E-state index is 0.261. The second kappa shape index (κ2) is 9.25. The molecular weight excluding hydrogens is 254 g/mol. The van der Waals surface area contributed by atoms with E-state index in [4.69, 9.17) is 0 Å². The van der Waals surface area contributed by atoms with E-state index in [1.165, 1.54) is 49.7 Å². The fourth-order valence-electron chi connectivity index (χ4n) is 2.52. The summed E-state index contributed by atoms with van der Waals surface area (Å²) in [6.07, 6.45) is 7.75. The highest BCUT2D eigenvalue weighted by molar-refractivity contribution is 5.25. The fraction of sp³-hybridized carbons (Fsp3) is 0.700. The highest BCUT2D eigenvalue weighted by atomic mass is 14.9. The Morgan fingerprint density at radius 2 is 1.57 bits per heavy atom. The van der Waals surface area contributed by atoms with Crippen molar-refractivity contribution >= 4 is 0 Å². The van der Waals surface area contributed by atoms with E-state index in [0.29, 0.717) is 5.92 Å². The summed E-state index contributed by atoms with van der Waals surface area (Å²) in [5.41, 5.74) is 3.24. The smallest absolute Gasteiger partial charge is 0.00965 e. The van der Waals surface area contributed by atoms with Gasteiger partial charge in [0.1, 0.15) is 0 Å². The van der Waals surface area contributed by atoms with Crippen LogP contribution in [0.1, 0.15) is 83.8 Å². The van der Waals surface area contributed by atoms with Gasteiger partial charge in [-0.2, -0.15) is 0 Å². The Morgan fingerprint density at radius 3 is 2.14 bits per heavy atom. The lowest BCUT2D eigenvalue weighted by molar-refractivity contribution is 0.416. The predicted molar refractivity (Wildman–Crippen MR) is 95.1 cm³/mol. The zero-order valence-corrected chi connectivity index (χ0v) is 14.8. The number of hydrogen-bond donors (Lipinski definition) is 1. The highest BCUT2D eigenvalue weighted by Gasteiger charge is 2.07. The Balaban J connectivity index is 2.13. The largest absolute Gasteiger partial charge is 0.312 e. The average Bonchev–Trinajstić information content (AvgIpc) is 2.45. The molecule has 1 rings (SSSR count). The molecule has 120 valence electrons. The van der Waals surface area contributed by atoms with E-state index in [1.807, 2.05) is 0 Å². The molecule has 0 fully saturated rings. The lowest BCUT2D eigenvalue weighted by Crippen LogP contribution is -2.36. The van der Waals surface area contributed by atoms with Crippen molar-refractivity contribution in [2.45, 2.75) is 84.6 Å². The van der Waals surface area contributed by atoms with Gasteiger partial charge in [0.05, 0.1) is 0 Å². The zero-order chi connectivity index (χ0) is 15.7. The van der Waals surface area contributed by atoms with Crippen LogP contribution in [-0.4, -0.2) is 12.1 Å². The first-order valence-corrected chi connectivity index (χ1v) is 8.76. The molecule has 0 saturated heterocycles. The van der Waals surface area contributed by atoms with Crippen LogP contribution in [0.25, 0.3) is 0 Å². The minimum Gasteiger partial charge on any atom is -0.312 e. The molecule has 1 aromatic carbocycles. The summed E-state index contributed by atoms with van der Waals surface area (Å²) in [7, 11) is 0. The molecule has 0 aliphatic heterocycles. The Labute approximate surface area is 132 Å². The SMILES string of the molecule is CCC(C)c1ccc(CCCCCCNC(C)(C)C)cc1. The van der Waals surface area contributed by atoms with E-state index in [0.717, 1.165) is 6.54 Å². The van der Waals surface area contributed by atoms with E-state index < -0.39 is 0 Å². The number of rotatable bonds is 9. The maximum absolute atomic E-state index is 3.55. The molecule has 1 nitrogen and oxygen atoms in total. The van der Waals surface area contributed by atoms with Gasteiger partial charge in [-0.3, -0.25) is 0 Å². The van der Waals surface area contributed by atoms with Crippen LogP contribution in [-0.2, 0) is 6.42 Å². The molecule has 0 aromatic heterocycles. The van der Waals surface area contributed by atoms with E-state index in [2.05, 4.69) is 64.2 Å². The summed E-state index contributed by atoms with van der Waals surface area (Å²) >= 11 is 0. The van der Waals surface area contributed by atoms with Gasteiger partial charge in [0.15, 0.2) is 0 Å². The molecule has 1 N–H and O–H groups in total. The second-order valence-corrected chi connectivity index (χ2v) is 7.39. The monoisotopic (exact) mass is 289 g/mol. The third kappa shape index (κ3) is 8.26. The molecule has 1 heteroatoms. The Kier molecular flexibility index (Phi) is 8.03. The molecule has 0 radical (unpaired) electrons. The quantitative estimate of drug-likeness (QED) is 0.576. The zero-order valence-electron chi connectivity index (χ0n) is 14.8. The summed E-state index contributed by atoms with van der Waals surface area (Å²) in [6, 6.07) is 9.28. The van der Waals surface area contributed by atoms with Crippen molar-refractivity contribution in [3.05, 3.63) is 35.4 Å². The van der Waals surface area contributed by atoms with Crippen molar-refractivity contribution in [2.24, 2.45) is 0 Å². The fourth-order valence-corrected chi connectivity index (χ4v) is 2.52. The van der Waals surface area contributed by atoms with Gasteiger partial charge in [-0.05, 0) is 70.0 Å².